The maximum atomic E-state index is 13.9. The maximum Gasteiger partial charge on any atom is 0.303 e. The number of carboxylic acids is 1. The van der Waals surface area contributed by atoms with Crippen LogP contribution < -0.4 is 21.3 Å². The Kier molecular flexibility index (Phi) is 13.6. The average Bonchev–Trinajstić information content (AvgIpc) is 3.56. The van der Waals surface area contributed by atoms with E-state index in [1.807, 2.05) is 13.0 Å². The number of non-ortho nitro benzene ring substituents is 1. The number of amides is 5. The van der Waals surface area contributed by atoms with Crippen LogP contribution in [-0.4, -0.2) is 81.1 Å². The first kappa shape index (κ1) is 37.1. The minimum absolute atomic E-state index is 0.133. The second kappa shape index (κ2) is 17.5. The predicted molar refractivity (Wildman–Crippen MR) is 174 cm³/mol. The van der Waals surface area contributed by atoms with Crippen molar-refractivity contribution in [2.45, 2.75) is 83.5 Å². The Morgan fingerprint density at radius 2 is 1.60 bits per heavy atom. The van der Waals surface area contributed by atoms with Crippen molar-refractivity contribution in [2.24, 2.45) is 5.92 Å². The summed E-state index contributed by atoms with van der Waals surface area (Å²) in [6.07, 6.45) is 0.798. The first-order chi connectivity index (χ1) is 22.8. The van der Waals surface area contributed by atoms with Gasteiger partial charge < -0.3 is 31.3 Å². The van der Waals surface area contributed by atoms with E-state index in [-0.39, 0.29) is 31.0 Å². The van der Waals surface area contributed by atoms with Crippen molar-refractivity contribution in [3.63, 3.8) is 0 Å². The van der Waals surface area contributed by atoms with Crippen molar-refractivity contribution in [1.29, 1.82) is 0 Å². The van der Waals surface area contributed by atoms with Gasteiger partial charge in [-0.2, -0.15) is 0 Å². The molecule has 15 heteroatoms. The molecule has 5 atom stereocenters. The summed E-state index contributed by atoms with van der Waals surface area (Å²) in [4.78, 5) is 88.7. The highest BCUT2D eigenvalue weighted by atomic mass is 16.6. The van der Waals surface area contributed by atoms with Gasteiger partial charge in [0.25, 0.3) is 5.69 Å². The smallest absolute Gasteiger partial charge is 0.303 e. The third-order valence-electron chi connectivity index (χ3n) is 8.21. The number of hydrogen-bond donors (Lipinski definition) is 5. The summed E-state index contributed by atoms with van der Waals surface area (Å²) < 4.78 is 0. The van der Waals surface area contributed by atoms with E-state index >= 15 is 0 Å². The molecule has 3 rings (SSSR count). The third-order valence-corrected chi connectivity index (χ3v) is 8.21. The van der Waals surface area contributed by atoms with Gasteiger partial charge in [-0.05, 0) is 43.4 Å². The Morgan fingerprint density at radius 3 is 2.21 bits per heavy atom. The van der Waals surface area contributed by atoms with E-state index in [4.69, 9.17) is 5.11 Å². The lowest BCUT2D eigenvalue weighted by molar-refractivity contribution is -0.384. The van der Waals surface area contributed by atoms with Gasteiger partial charge >= 0.3 is 5.97 Å². The zero-order valence-electron chi connectivity index (χ0n) is 27.1. The van der Waals surface area contributed by atoms with Crippen LogP contribution >= 0.6 is 0 Å². The van der Waals surface area contributed by atoms with Gasteiger partial charge in [0.2, 0.25) is 29.5 Å². The number of carboxylic acid groups (broad SMARTS) is 1. The zero-order chi connectivity index (χ0) is 35.4. The molecule has 15 nitrogen and oxygen atoms in total. The SMILES string of the molecule is CC[C@H](C)[C@H](NC(=O)[C@H](C)NC(=O)CCC(=O)O)C(=O)N1CCC[C@H]1C(=O)N[C@@H](Cc1ccccc1)C(=O)Nc1ccc([N+](=O)[O-])cc1. The molecule has 48 heavy (non-hydrogen) atoms. The van der Waals surface area contributed by atoms with Crippen LogP contribution in [0.5, 0.6) is 0 Å². The molecule has 1 aliphatic heterocycles. The highest BCUT2D eigenvalue weighted by molar-refractivity contribution is 5.99. The highest BCUT2D eigenvalue weighted by Crippen LogP contribution is 2.22. The molecule has 1 saturated heterocycles. The van der Waals surface area contributed by atoms with Crippen LogP contribution in [0.15, 0.2) is 54.6 Å². The number of benzene rings is 2. The van der Waals surface area contributed by atoms with Crippen molar-refractivity contribution in [2.75, 3.05) is 11.9 Å². The number of carbonyl (C=O) groups is 6. The average molecular weight is 667 g/mol. The number of carbonyl (C=O) groups excluding carboxylic acids is 5. The zero-order valence-corrected chi connectivity index (χ0v) is 27.1. The number of aliphatic carboxylic acids is 1. The summed E-state index contributed by atoms with van der Waals surface area (Å²) in [5, 5.41) is 30.4. The monoisotopic (exact) mass is 666 g/mol. The quantitative estimate of drug-likeness (QED) is 0.131. The molecule has 2 aromatic rings. The van der Waals surface area contributed by atoms with Gasteiger partial charge in [-0.3, -0.25) is 38.9 Å². The Hall–Kier alpha value is -5.34. The molecule has 1 heterocycles. The van der Waals surface area contributed by atoms with Gasteiger partial charge in [0.15, 0.2) is 0 Å². The van der Waals surface area contributed by atoms with E-state index in [1.165, 1.54) is 36.1 Å². The lowest BCUT2D eigenvalue weighted by Gasteiger charge is -2.32. The molecule has 2 aromatic carbocycles. The fourth-order valence-electron chi connectivity index (χ4n) is 5.27. The number of anilines is 1. The van der Waals surface area contributed by atoms with Crippen LogP contribution in [0, 0.1) is 16.0 Å². The van der Waals surface area contributed by atoms with Gasteiger partial charge in [-0.15, -0.1) is 0 Å². The molecule has 0 spiro atoms. The Morgan fingerprint density at radius 1 is 0.938 bits per heavy atom. The predicted octanol–water partition coefficient (Wildman–Crippen LogP) is 2.15. The van der Waals surface area contributed by atoms with Gasteiger partial charge in [-0.25, -0.2) is 0 Å². The maximum absolute atomic E-state index is 13.9. The van der Waals surface area contributed by atoms with Crippen LogP contribution in [0.3, 0.4) is 0 Å². The van der Waals surface area contributed by atoms with Crippen molar-refractivity contribution in [1.82, 2.24) is 20.9 Å². The van der Waals surface area contributed by atoms with Crippen LogP contribution in [0.1, 0.15) is 58.4 Å². The first-order valence-corrected chi connectivity index (χ1v) is 15.8. The fraction of sp³-hybridized carbons (Fsp3) is 0.455. The summed E-state index contributed by atoms with van der Waals surface area (Å²) >= 11 is 0. The molecule has 0 aliphatic carbocycles. The van der Waals surface area contributed by atoms with Crippen molar-refractivity contribution >= 4 is 46.9 Å². The number of nitrogens with one attached hydrogen (secondary N) is 4. The third kappa shape index (κ3) is 10.6. The molecule has 5 N–H and O–H groups in total. The molecule has 1 fully saturated rings. The minimum atomic E-state index is -1.15. The number of hydrogen-bond acceptors (Lipinski definition) is 8. The number of likely N-dealkylation sites (tertiary alicyclic amines) is 1. The second-order valence-electron chi connectivity index (χ2n) is 11.8. The van der Waals surface area contributed by atoms with Crippen molar-refractivity contribution in [3.05, 3.63) is 70.3 Å². The summed E-state index contributed by atoms with van der Waals surface area (Å²) in [5.74, 6) is -4.32. The molecule has 1 aliphatic rings. The lowest BCUT2D eigenvalue weighted by Crippen LogP contribution is -2.59. The normalized spacial score (nSPS) is 16.5. The van der Waals surface area contributed by atoms with Gasteiger partial charge in [0, 0.05) is 37.2 Å². The van der Waals surface area contributed by atoms with Crippen LogP contribution in [0.2, 0.25) is 0 Å². The largest absolute Gasteiger partial charge is 0.481 e. The van der Waals surface area contributed by atoms with Gasteiger partial charge in [0.05, 0.1) is 11.3 Å². The van der Waals surface area contributed by atoms with E-state index in [0.29, 0.717) is 24.9 Å². The second-order valence-corrected chi connectivity index (χ2v) is 11.8. The molecule has 0 radical (unpaired) electrons. The Balaban J connectivity index is 1.74. The van der Waals surface area contributed by atoms with E-state index in [0.717, 1.165) is 5.56 Å². The molecule has 5 amide bonds. The molecule has 258 valence electrons. The summed E-state index contributed by atoms with van der Waals surface area (Å²) in [7, 11) is 0. The molecular formula is C33H42N6O9. The Bertz CT molecular complexity index is 1480. The molecule has 0 unspecified atom stereocenters. The number of nitro groups is 1. The molecular weight excluding hydrogens is 624 g/mol. The number of nitrogens with zero attached hydrogens (tertiary/aromatic N) is 2. The first-order valence-electron chi connectivity index (χ1n) is 15.8. The van der Waals surface area contributed by atoms with Gasteiger partial charge in [-0.1, -0.05) is 50.6 Å². The highest BCUT2D eigenvalue weighted by Gasteiger charge is 2.40. The molecule has 0 aromatic heterocycles. The summed E-state index contributed by atoms with van der Waals surface area (Å²) in [6, 6.07) is 10.3. The Labute approximate surface area is 278 Å². The van der Waals surface area contributed by atoms with E-state index in [1.54, 1.807) is 31.2 Å². The van der Waals surface area contributed by atoms with Gasteiger partial charge in [0.1, 0.15) is 24.2 Å². The summed E-state index contributed by atoms with van der Waals surface area (Å²) in [5.41, 5.74) is 0.926. The minimum Gasteiger partial charge on any atom is -0.481 e. The van der Waals surface area contributed by atoms with Crippen molar-refractivity contribution in [3.8, 4) is 0 Å². The fourth-order valence-corrected chi connectivity index (χ4v) is 5.27. The number of nitro benzene ring substituents is 1. The standard InChI is InChI=1S/C33H42N6O9/c1-4-20(2)29(37-30(43)21(3)34-27(40)16-17-28(41)42)33(46)38-18-8-11-26(38)32(45)36-25(19-22-9-6-5-7-10-22)31(44)35-23-12-14-24(15-13-23)39(47)48/h5-7,9-10,12-15,20-21,25-26,29H,4,8,11,16-19H2,1-3H3,(H,34,40)(H,35,44)(H,36,45)(H,37,43)(H,41,42)/t20-,21-,25-,26-,29-/m0/s1. The topological polar surface area (TPSA) is 217 Å². The summed E-state index contributed by atoms with van der Waals surface area (Å²) in [6.45, 7) is 5.30. The lowest BCUT2D eigenvalue weighted by atomic mass is 9.97. The molecule has 0 saturated carbocycles. The van der Waals surface area contributed by atoms with E-state index in [2.05, 4.69) is 21.3 Å². The molecule has 0 bridgehead atoms. The van der Waals surface area contributed by atoms with E-state index < -0.39 is 71.0 Å². The van der Waals surface area contributed by atoms with E-state index in [9.17, 15) is 38.9 Å². The van der Waals surface area contributed by atoms with Crippen LogP contribution in [-0.2, 0) is 35.2 Å². The number of rotatable bonds is 16. The van der Waals surface area contributed by atoms with Crippen LogP contribution in [0.4, 0.5) is 11.4 Å². The van der Waals surface area contributed by atoms with Crippen molar-refractivity contribution < 1.29 is 38.8 Å². The van der Waals surface area contributed by atoms with Crippen LogP contribution in [0.25, 0.3) is 0 Å².